The quantitative estimate of drug-likeness (QED) is 0.722. The van der Waals surface area contributed by atoms with E-state index in [0.717, 1.165) is 36.5 Å². The molecule has 1 saturated carbocycles. The van der Waals surface area contributed by atoms with Crippen molar-refractivity contribution in [3.8, 4) is 5.75 Å². The molecule has 114 valence electrons. The zero-order chi connectivity index (χ0) is 14.7. The predicted octanol–water partition coefficient (Wildman–Crippen LogP) is 4.72. The van der Waals surface area contributed by atoms with Gasteiger partial charge in [-0.2, -0.15) is 0 Å². The van der Waals surface area contributed by atoms with E-state index in [1.165, 1.54) is 31.2 Å². The molecule has 0 N–H and O–H groups in total. The second-order valence-electron chi connectivity index (χ2n) is 5.75. The minimum Gasteiger partial charge on any atom is -0.491 e. The van der Waals surface area contributed by atoms with Crippen LogP contribution in [0.1, 0.15) is 50.9 Å². The molecule has 1 aliphatic carbocycles. The molecule has 1 aromatic heterocycles. The van der Waals surface area contributed by atoms with Crippen LogP contribution in [0.25, 0.3) is 11.0 Å². The number of hydrogen-bond donors (Lipinski definition) is 0. The van der Waals surface area contributed by atoms with Gasteiger partial charge < -0.3 is 9.30 Å². The summed E-state index contributed by atoms with van der Waals surface area (Å²) < 4.78 is 8.29. The SMILES string of the molecule is CCCOc1cccc2c1nc(CCCl)n2C1CCCC1. The van der Waals surface area contributed by atoms with Gasteiger partial charge >= 0.3 is 0 Å². The Labute approximate surface area is 131 Å². The van der Waals surface area contributed by atoms with Gasteiger partial charge in [-0.15, -0.1) is 11.6 Å². The summed E-state index contributed by atoms with van der Waals surface area (Å²) in [5.41, 5.74) is 2.20. The molecule has 4 heteroatoms. The van der Waals surface area contributed by atoms with Crippen LogP contribution < -0.4 is 4.74 Å². The number of aryl methyl sites for hydroxylation is 1. The fourth-order valence-corrected chi connectivity index (χ4v) is 3.47. The number of halogens is 1. The Hall–Kier alpha value is -1.22. The maximum Gasteiger partial charge on any atom is 0.147 e. The van der Waals surface area contributed by atoms with Gasteiger partial charge in [0.2, 0.25) is 0 Å². The van der Waals surface area contributed by atoms with Gasteiger partial charge in [0, 0.05) is 18.3 Å². The number of fused-ring (bicyclic) bond motifs is 1. The minimum atomic E-state index is 0.578. The summed E-state index contributed by atoms with van der Waals surface area (Å²) >= 11 is 5.98. The molecule has 0 radical (unpaired) electrons. The number of alkyl halides is 1. The van der Waals surface area contributed by atoms with Crippen molar-refractivity contribution < 1.29 is 4.74 Å². The highest BCUT2D eigenvalue weighted by Gasteiger charge is 2.23. The minimum absolute atomic E-state index is 0.578. The number of rotatable bonds is 6. The largest absolute Gasteiger partial charge is 0.491 e. The summed E-state index contributed by atoms with van der Waals surface area (Å²) in [6.45, 7) is 2.86. The molecule has 1 aliphatic rings. The van der Waals surface area contributed by atoms with E-state index in [1.54, 1.807) is 0 Å². The highest BCUT2D eigenvalue weighted by Crippen LogP contribution is 2.36. The smallest absolute Gasteiger partial charge is 0.147 e. The Kier molecular flexibility index (Phi) is 4.69. The monoisotopic (exact) mass is 306 g/mol. The maximum absolute atomic E-state index is 5.98. The molecule has 0 aliphatic heterocycles. The van der Waals surface area contributed by atoms with Gasteiger partial charge in [-0.3, -0.25) is 0 Å². The van der Waals surface area contributed by atoms with E-state index in [-0.39, 0.29) is 0 Å². The third-order valence-corrected chi connectivity index (χ3v) is 4.41. The fraction of sp³-hybridized carbons (Fsp3) is 0.588. The summed E-state index contributed by atoms with van der Waals surface area (Å²) in [5, 5.41) is 0. The van der Waals surface area contributed by atoms with Crippen LogP contribution in [-0.2, 0) is 6.42 Å². The maximum atomic E-state index is 5.98. The van der Waals surface area contributed by atoms with Crippen molar-refractivity contribution in [2.75, 3.05) is 12.5 Å². The first kappa shape index (κ1) is 14.7. The molecular weight excluding hydrogens is 284 g/mol. The summed E-state index contributed by atoms with van der Waals surface area (Å²) in [7, 11) is 0. The molecule has 0 unspecified atom stereocenters. The van der Waals surface area contributed by atoms with E-state index in [0.29, 0.717) is 11.9 Å². The number of aromatic nitrogens is 2. The lowest BCUT2D eigenvalue weighted by molar-refractivity contribution is 0.320. The van der Waals surface area contributed by atoms with Crippen LogP contribution in [0.2, 0.25) is 0 Å². The number of benzene rings is 1. The van der Waals surface area contributed by atoms with E-state index in [2.05, 4.69) is 23.6 Å². The van der Waals surface area contributed by atoms with Gasteiger partial charge in [-0.25, -0.2) is 4.98 Å². The summed E-state index contributed by atoms with van der Waals surface area (Å²) in [6.07, 6.45) is 6.96. The normalized spacial score (nSPS) is 15.9. The Morgan fingerprint density at radius 3 is 2.86 bits per heavy atom. The number of imidazole rings is 1. The fourth-order valence-electron chi connectivity index (χ4n) is 3.30. The molecule has 1 heterocycles. The first-order valence-electron chi connectivity index (χ1n) is 8.03. The van der Waals surface area contributed by atoms with Gasteiger partial charge in [0.25, 0.3) is 0 Å². The molecule has 3 nitrogen and oxygen atoms in total. The van der Waals surface area contributed by atoms with Crippen molar-refractivity contribution in [3.63, 3.8) is 0 Å². The van der Waals surface area contributed by atoms with Crippen LogP contribution >= 0.6 is 11.6 Å². The van der Waals surface area contributed by atoms with E-state index in [9.17, 15) is 0 Å². The van der Waals surface area contributed by atoms with Crippen LogP contribution in [0, 0.1) is 0 Å². The van der Waals surface area contributed by atoms with Gasteiger partial charge in [0.1, 0.15) is 17.1 Å². The van der Waals surface area contributed by atoms with Gasteiger partial charge in [0.15, 0.2) is 0 Å². The molecule has 0 saturated heterocycles. The molecule has 0 amide bonds. The lowest BCUT2D eigenvalue weighted by atomic mass is 10.2. The molecule has 3 rings (SSSR count). The van der Waals surface area contributed by atoms with Gasteiger partial charge in [-0.05, 0) is 31.4 Å². The average molecular weight is 307 g/mol. The average Bonchev–Trinajstić information content (AvgIpc) is 3.12. The molecule has 0 atom stereocenters. The van der Waals surface area contributed by atoms with E-state index in [4.69, 9.17) is 21.3 Å². The number of ether oxygens (including phenoxy) is 1. The van der Waals surface area contributed by atoms with Crippen molar-refractivity contribution in [1.29, 1.82) is 0 Å². The topological polar surface area (TPSA) is 27.1 Å². The lowest BCUT2D eigenvalue weighted by Gasteiger charge is -2.16. The number of hydrogen-bond acceptors (Lipinski definition) is 2. The Balaban J connectivity index is 2.07. The zero-order valence-corrected chi connectivity index (χ0v) is 13.4. The summed E-state index contributed by atoms with van der Waals surface area (Å²) in [4.78, 5) is 4.85. The Bertz CT molecular complexity index is 602. The van der Waals surface area contributed by atoms with E-state index >= 15 is 0 Å². The number of nitrogens with zero attached hydrogens (tertiary/aromatic N) is 2. The van der Waals surface area contributed by atoms with Crippen LogP contribution in [0.3, 0.4) is 0 Å². The predicted molar refractivity (Wildman–Crippen MR) is 87.4 cm³/mol. The van der Waals surface area contributed by atoms with Crippen LogP contribution in [0.15, 0.2) is 18.2 Å². The highest BCUT2D eigenvalue weighted by molar-refractivity contribution is 6.17. The third-order valence-electron chi connectivity index (χ3n) is 4.23. The number of para-hydroxylation sites is 1. The van der Waals surface area contributed by atoms with E-state index in [1.807, 2.05) is 6.07 Å². The standard InChI is InChI=1S/C17H23ClN2O/c1-2-12-21-15-9-5-8-14-17(15)19-16(10-11-18)20(14)13-6-3-4-7-13/h5,8-9,13H,2-4,6-7,10-12H2,1H3. The third kappa shape index (κ3) is 2.89. The van der Waals surface area contributed by atoms with Crippen LogP contribution in [0.4, 0.5) is 0 Å². The van der Waals surface area contributed by atoms with Gasteiger partial charge in [-0.1, -0.05) is 25.8 Å². The molecule has 21 heavy (non-hydrogen) atoms. The first-order valence-corrected chi connectivity index (χ1v) is 8.57. The zero-order valence-electron chi connectivity index (χ0n) is 12.6. The van der Waals surface area contributed by atoms with Gasteiger partial charge in [0.05, 0.1) is 12.1 Å². The van der Waals surface area contributed by atoms with Crippen molar-refractivity contribution in [2.45, 2.75) is 51.5 Å². The second kappa shape index (κ2) is 6.69. The Morgan fingerprint density at radius 1 is 1.33 bits per heavy atom. The van der Waals surface area contributed by atoms with E-state index < -0.39 is 0 Å². The Morgan fingerprint density at radius 2 is 2.14 bits per heavy atom. The molecular formula is C17H23ClN2O. The van der Waals surface area contributed by atoms with Crippen LogP contribution in [-0.4, -0.2) is 22.0 Å². The summed E-state index contributed by atoms with van der Waals surface area (Å²) in [5.74, 6) is 2.63. The summed E-state index contributed by atoms with van der Waals surface area (Å²) in [6, 6.07) is 6.84. The highest BCUT2D eigenvalue weighted by atomic mass is 35.5. The second-order valence-corrected chi connectivity index (χ2v) is 6.13. The molecule has 1 aromatic carbocycles. The molecule has 1 fully saturated rings. The molecule has 0 bridgehead atoms. The van der Waals surface area contributed by atoms with Crippen molar-refractivity contribution in [3.05, 3.63) is 24.0 Å². The van der Waals surface area contributed by atoms with Crippen molar-refractivity contribution >= 4 is 22.6 Å². The van der Waals surface area contributed by atoms with Crippen molar-refractivity contribution in [2.24, 2.45) is 0 Å². The first-order chi connectivity index (χ1) is 10.3. The molecule has 2 aromatic rings. The van der Waals surface area contributed by atoms with Crippen LogP contribution in [0.5, 0.6) is 5.75 Å². The molecule has 0 spiro atoms. The van der Waals surface area contributed by atoms with Crippen molar-refractivity contribution in [1.82, 2.24) is 9.55 Å². The lowest BCUT2D eigenvalue weighted by Crippen LogP contribution is -2.09.